The molecule has 14 heavy (non-hydrogen) atoms. The Balaban J connectivity index is 0.000000165. The summed E-state index contributed by atoms with van der Waals surface area (Å²) in [7, 11) is 0. The molecule has 1 aromatic carbocycles. The first-order valence-corrected chi connectivity index (χ1v) is 4.99. The van der Waals surface area contributed by atoms with E-state index in [0.717, 1.165) is 19.5 Å². The van der Waals surface area contributed by atoms with E-state index in [-0.39, 0.29) is 0 Å². The molecule has 2 nitrogen and oxygen atoms in total. The second kappa shape index (κ2) is 6.57. The molecular weight excluding hydrogens is 200 g/mol. The van der Waals surface area contributed by atoms with Crippen molar-refractivity contribution in [3.8, 4) is 0 Å². The Morgan fingerprint density at radius 1 is 1.14 bits per heavy atom. The van der Waals surface area contributed by atoms with Gasteiger partial charge in [-0.15, -0.1) is 0 Å². The maximum Gasteiger partial charge on any atom is 0.150 e. The SMILES string of the molecule is C1CCOC1.O=Cc1ccc(Cl)cc1. The number of ether oxygens (including phenoxy) is 1. The normalized spacial score (nSPS) is 14.4. The van der Waals surface area contributed by atoms with E-state index in [1.165, 1.54) is 12.8 Å². The van der Waals surface area contributed by atoms with Crippen molar-refractivity contribution in [2.45, 2.75) is 12.8 Å². The van der Waals surface area contributed by atoms with E-state index in [2.05, 4.69) is 0 Å². The summed E-state index contributed by atoms with van der Waals surface area (Å²) >= 11 is 5.55. The van der Waals surface area contributed by atoms with Crippen LogP contribution in [-0.4, -0.2) is 19.5 Å². The fraction of sp³-hybridized carbons (Fsp3) is 0.364. The minimum Gasteiger partial charge on any atom is -0.381 e. The molecule has 1 aromatic rings. The second-order valence-corrected chi connectivity index (χ2v) is 3.43. The summed E-state index contributed by atoms with van der Waals surface area (Å²) in [4.78, 5) is 10.1. The standard InChI is InChI=1S/C7H5ClO.C4H8O/c8-7-3-1-6(5-9)2-4-7;1-2-4-5-3-1/h1-5H;1-4H2. The van der Waals surface area contributed by atoms with Gasteiger partial charge < -0.3 is 4.74 Å². The van der Waals surface area contributed by atoms with E-state index in [0.29, 0.717) is 10.6 Å². The lowest BCUT2D eigenvalue weighted by Crippen LogP contribution is -1.74. The van der Waals surface area contributed by atoms with Crippen LogP contribution >= 0.6 is 11.6 Å². The van der Waals surface area contributed by atoms with E-state index in [1.54, 1.807) is 24.3 Å². The van der Waals surface area contributed by atoms with Gasteiger partial charge in [-0.25, -0.2) is 0 Å². The molecule has 76 valence electrons. The van der Waals surface area contributed by atoms with Crippen molar-refractivity contribution >= 4 is 17.9 Å². The number of benzene rings is 1. The van der Waals surface area contributed by atoms with Crippen LogP contribution in [0.1, 0.15) is 23.2 Å². The zero-order valence-corrected chi connectivity index (χ0v) is 8.67. The predicted molar refractivity (Wildman–Crippen MR) is 56.9 cm³/mol. The lowest BCUT2D eigenvalue weighted by molar-refractivity contribution is 0.112. The molecule has 3 heteroatoms. The first-order valence-electron chi connectivity index (χ1n) is 4.61. The quantitative estimate of drug-likeness (QED) is 0.669. The fourth-order valence-electron chi connectivity index (χ4n) is 1.05. The van der Waals surface area contributed by atoms with Crippen LogP contribution in [0.15, 0.2) is 24.3 Å². The van der Waals surface area contributed by atoms with Crippen LogP contribution in [-0.2, 0) is 4.74 Å². The van der Waals surface area contributed by atoms with Crippen LogP contribution in [0.4, 0.5) is 0 Å². The summed E-state index contributed by atoms with van der Waals surface area (Å²) in [6.07, 6.45) is 3.34. The van der Waals surface area contributed by atoms with Crippen molar-refractivity contribution in [1.82, 2.24) is 0 Å². The van der Waals surface area contributed by atoms with Crippen LogP contribution in [0.25, 0.3) is 0 Å². The van der Waals surface area contributed by atoms with Crippen LogP contribution in [0.3, 0.4) is 0 Å². The Bertz CT molecular complexity index is 258. The van der Waals surface area contributed by atoms with Gasteiger partial charge >= 0.3 is 0 Å². The Labute approximate surface area is 88.8 Å². The number of aldehydes is 1. The average molecular weight is 213 g/mol. The maximum atomic E-state index is 10.1. The van der Waals surface area contributed by atoms with Gasteiger partial charge in [-0.3, -0.25) is 4.79 Å². The largest absolute Gasteiger partial charge is 0.381 e. The maximum absolute atomic E-state index is 10.1. The Kier molecular flexibility index (Phi) is 5.27. The van der Waals surface area contributed by atoms with Crippen molar-refractivity contribution in [2.75, 3.05) is 13.2 Å². The Morgan fingerprint density at radius 3 is 2.07 bits per heavy atom. The molecule has 1 aliphatic rings. The first kappa shape index (κ1) is 11.2. The van der Waals surface area contributed by atoms with Crippen molar-refractivity contribution < 1.29 is 9.53 Å². The molecule has 1 aliphatic heterocycles. The van der Waals surface area contributed by atoms with Crippen LogP contribution in [0, 0.1) is 0 Å². The molecule has 0 radical (unpaired) electrons. The van der Waals surface area contributed by atoms with Crippen LogP contribution in [0.5, 0.6) is 0 Å². The van der Waals surface area contributed by atoms with Gasteiger partial charge in [0.15, 0.2) is 0 Å². The molecule has 0 unspecified atom stereocenters. The molecule has 2 rings (SSSR count). The summed E-state index contributed by atoms with van der Waals surface area (Å²) < 4.78 is 4.94. The minimum absolute atomic E-state index is 0.652. The molecule has 0 amide bonds. The molecule has 0 bridgehead atoms. The van der Waals surface area contributed by atoms with Crippen LogP contribution < -0.4 is 0 Å². The molecular formula is C11H13ClO2. The second-order valence-electron chi connectivity index (χ2n) is 2.99. The molecule has 1 heterocycles. The lowest BCUT2D eigenvalue weighted by Gasteiger charge is -1.87. The molecule has 0 spiro atoms. The number of rotatable bonds is 1. The van der Waals surface area contributed by atoms with E-state index < -0.39 is 0 Å². The Morgan fingerprint density at radius 2 is 1.71 bits per heavy atom. The minimum atomic E-state index is 0.652. The van der Waals surface area contributed by atoms with E-state index in [4.69, 9.17) is 16.3 Å². The topological polar surface area (TPSA) is 26.3 Å². The van der Waals surface area contributed by atoms with Gasteiger partial charge in [-0.1, -0.05) is 23.7 Å². The third kappa shape index (κ3) is 4.40. The van der Waals surface area contributed by atoms with E-state index >= 15 is 0 Å². The summed E-state index contributed by atoms with van der Waals surface area (Å²) in [6.45, 7) is 2.00. The third-order valence-corrected chi connectivity index (χ3v) is 2.09. The summed E-state index contributed by atoms with van der Waals surface area (Å²) in [6, 6.07) is 6.72. The molecule has 0 atom stereocenters. The van der Waals surface area contributed by atoms with Gasteiger partial charge in [0, 0.05) is 23.8 Å². The van der Waals surface area contributed by atoms with Gasteiger partial charge in [0.25, 0.3) is 0 Å². The van der Waals surface area contributed by atoms with E-state index in [1.807, 2.05) is 0 Å². The highest BCUT2D eigenvalue weighted by Gasteiger charge is 1.94. The molecule has 0 N–H and O–H groups in total. The van der Waals surface area contributed by atoms with Crippen molar-refractivity contribution in [3.63, 3.8) is 0 Å². The zero-order chi connectivity index (χ0) is 10.2. The van der Waals surface area contributed by atoms with Gasteiger partial charge in [0.05, 0.1) is 0 Å². The highest BCUT2D eigenvalue weighted by molar-refractivity contribution is 6.30. The van der Waals surface area contributed by atoms with Crippen molar-refractivity contribution in [3.05, 3.63) is 34.9 Å². The number of carbonyl (C=O) groups is 1. The number of carbonyl (C=O) groups excluding carboxylic acids is 1. The van der Waals surface area contributed by atoms with Gasteiger partial charge in [-0.2, -0.15) is 0 Å². The van der Waals surface area contributed by atoms with Crippen LogP contribution in [0.2, 0.25) is 5.02 Å². The lowest BCUT2D eigenvalue weighted by atomic mass is 10.2. The third-order valence-electron chi connectivity index (χ3n) is 1.83. The highest BCUT2D eigenvalue weighted by atomic mass is 35.5. The monoisotopic (exact) mass is 212 g/mol. The molecule has 1 fully saturated rings. The fourth-order valence-corrected chi connectivity index (χ4v) is 1.18. The summed E-state index contributed by atoms with van der Waals surface area (Å²) in [5.74, 6) is 0. The average Bonchev–Trinajstić information content (AvgIpc) is 2.77. The van der Waals surface area contributed by atoms with Gasteiger partial charge in [0.2, 0.25) is 0 Å². The van der Waals surface area contributed by atoms with Crippen molar-refractivity contribution in [1.29, 1.82) is 0 Å². The molecule has 1 saturated heterocycles. The molecule has 0 saturated carbocycles. The Hall–Kier alpha value is -0.860. The molecule has 0 aromatic heterocycles. The van der Waals surface area contributed by atoms with Gasteiger partial charge in [0.1, 0.15) is 6.29 Å². The first-order chi connectivity index (χ1) is 6.83. The van der Waals surface area contributed by atoms with E-state index in [9.17, 15) is 4.79 Å². The van der Waals surface area contributed by atoms with Gasteiger partial charge in [-0.05, 0) is 25.0 Å². The highest BCUT2D eigenvalue weighted by Crippen LogP contribution is 2.07. The number of hydrogen-bond donors (Lipinski definition) is 0. The number of hydrogen-bond acceptors (Lipinski definition) is 2. The number of halogens is 1. The molecule has 0 aliphatic carbocycles. The predicted octanol–water partition coefficient (Wildman–Crippen LogP) is 2.95. The summed E-state index contributed by atoms with van der Waals surface area (Å²) in [5, 5.41) is 0.653. The zero-order valence-electron chi connectivity index (χ0n) is 7.91. The smallest absolute Gasteiger partial charge is 0.150 e. The van der Waals surface area contributed by atoms with Crippen molar-refractivity contribution in [2.24, 2.45) is 0 Å². The summed E-state index contributed by atoms with van der Waals surface area (Å²) in [5.41, 5.74) is 0.652.